The number of aromatic nitrogens is 2. The second-order valence-electron chi connectivity index (χ2n) is 6.69. The van der Waals surface area contributed by atoms with Crippen molar-refractivity contribution in [2.75, 3.05) is 0 Å². The number of benzene rings is 2. The fourth-order valence-corrected chi connectivity index (χ4v) is 3.57. The first-order valence-corrected chi connectivity index (χ1v) is 9.86. The molecule has 2 aromatic carbocycles. The van der Waals surface area contributed by atoms with Gasteiger partial charge in [0.2, 0.25) is 5.91 Å². The van der Waals surface area contributed by atoms with Gasteiger partial charge in [-0.25, -0.2) is 4.98 Å². The molecular formula is C21H21Cl2N3O2. The van der Waals surface area contributed by atoms with Crippen LogP contribution < -0.4 is 5.56 Å². The number of rotatable bonds is 6. The lowest BCUT2D eigenvalue weighted by atomic mass is 10.1. The molecule has 0 saturated carbocycles. The molecule has 0 aliphatic carbocycles. The summed E-state index contributed by atoms with van der Waals surface area (Å²) in [5, 5.41) is 1.44. The Labute approximate surface area is 173 Å². The van der Waals surface area contributed by atoms with Crippen LogP contribution in [0, 0.1) is 0 Å². The van der Waals surface area contributed by atoms with Crippen molar-refractivity contribution in [3.05, 3.63) is 74.3 Å². The molecule has 1 N–H and O–H groups in total. The highest BCUT2D eigenvalue weighted by Gasteiger charge is 2.22. The minimum Gasteiger partial charge on any atom is -0.332 e. The zero-order chi connectivity index (χ0) is 20.3. The van der Waals surface area contributed by atoms with E-state index in [1.165, 1.54) is 0 Å². The van der Waals surface area contributed by atoms with Gasteiger partial charge in [-0.3, -0.25) is 9.59 Å². The second kappa shape index (κ2) is 8.76. The van der Waals surface area contributed by atoms with Crippen LogP contribution in [-0.4, -0.2) is 26.8 Å². The van der Waals surface area contributed by atoms with Crippen molar-refractivity contribution in [1.29, 1.82) is 0 Å². The zero-order valence-corrected chi connectivity index (χ0v) is 17.2. The Bertz CT molecular complexity index is 1040. The number of hydrogen-bond donors (Lipinski definition) is 1. The van der Waals surface area contributed by atoms with E-state index in [9.17, 15) is 9.59 Å². The van der Waals surface area contributed by atoms with E-state index in [1.54, 1.807) is 41.3 Å². The summed E-state index contributed by atoms with van der Waals surface area (Å²) in [5.41, 5.74) is 0.988. The number of hydrogen-bond acceptors (Lipinski definition) is 3. The Morgan fingerprint density at radius 2 is 1.82 bits per heavy atom. The highest BCUT2D eigenvalue weighted by molar-refractivity contribution is 6.36. The molecule has 0 spiro atoms. The van der Waals surface area contributed by atoms with Crippen LogP contribution in [0.15, 0.2) is 47.3 Å². The molecule has 3 aromatic rings. The first-order chi connectivity index (χ1) is 13.4. The van der Waals surface area contributed by atoms with E-state index >= 15 is 0 Å². The highest BCUT2D eigenvalue weighted by atomic mass is 35.5. The van der Waals surface area contributed by atoms with Gasteiger partial charge in [0.25, 0.3) is 5.56 Å². The topological polar surface area (TPSA) is 66.1 Å². The molecule has 5 nitrogen and oxygen atoms in total. The smallest absolute Gasteiger partial charge is 0.258 e. The summed E-state index contributed by atoms with van der Waals surface area (Å²) in [7, 11) is 0. The summed E-state index contributed by atoms with van der Waals surface area (Å²) in [6.07, 6.45) is 0.848. The Balaban J connectivity index is 1.90. The lowest BCUT2D eigenvalue weighted by molar-refractivity contribution is -0.133. The highest BCUT2D eigenvalue weighted by Crippen LogP contribution is 2.26. The number of fused-ring (bicyclic) bond motifs is 1. The number of para-hydroxylation sites is 1. The van der Waals surface area contributed by atoms with Crippen LogP contribution in [0.1, 0.15) is 31.7 Å². The van der Waals surface area contributed by atoms with Gasteiger partial charge < -0.3 is 9.88 Å². The van der Waals surface area contributed by atoms with Crippen molar-refractivity contribution < 1.29 is 4.79 Å². The zero-order valence-electron chi connectivity index (χ0n) is 15.7. The van der Waals surface area contributed by atoms with Crippen LogP contribution in [0.2, 0.25) is 10.0 Å². The van der Waals surface area contributed by atoms with Gasteiger partial charge in [0.1, 0.15) is 5.82 Å². The number of halogens is 2. The van der Waals surface area contributed by atoms with Gasteiger partial charge in [-0.15, -0.1) is 0 Å². The summed E-state index contributed by atoms with van der Waals surface area (Å²) in [6, 6.07) is 12.3. The molecule has 0 aliphatic heterocycles. The van der Waals surface area contributed by atoms with Gasteiger partial charge in [-0.2, -0.15) is 0 Å². The molecule has 0 radical (unpaired) electrons. The van der Waals surface area contributed by atoms with Gasteiger partial charge in [0, 0.05) is 16.1 Å². The second-order valence-corrected chi connectivity index (χ2v) is 7.50. The van der Waals surface area contributed by atoms with Crippen LogP contribution in [0.5, 0.6) is 0 Å². The van der Waals surface area contributed by atoms with Gasteiger partial charge in [0.05, 0.1) is 23.9 Å². The van der Waals surface area contributed by atoms with Gasteiger partial charge in [-0.1, -0.05) is 48.3 Å². The maximum Gasteiger partial charge on any atom is 0.258 e. The number of nitrogens with zero attached hydrogens (tertiary/aromatic N) is 2. The molecule has 146 valence electrons. The SMILES string of the molecule is CC[C@@H](C)N(Cc1nc2ccccc2c(=O)[nH]1)C(=O)Cc1c(Cl)cccc1Cl. The van der Waals surface area contributed by atoms with E-state index in [1.807, 2.05) is 19.9 Å². The molecule has 0 bridgehead atoms. The van der Waals surface area contributed by atoms with Gasteiger partial charge in [-0.05, 0) is 43.2 Å². The number of nitrogens with one attached hydrogen (secondary N) is 1. The van der Waals surface area contributed by atoms with Crippen LogP contribution >= 0.6 is 23.2 Å². The number of amides is 1. The predicted molar refractivity (Wildman–Crippen MR) is 113 cm³/mol. The summed E-state index contributed by atoms with van der Waals surface area (Å²) < 4.78 is 0. The molecule has 7 heteroatoms. The number of aromatic amines is 1. The Morgan fingerprint density at radius 1 is 1.14 bits per heavy atom. The van der Waals surface area contributed by atoms with E-state index in [2.05, 4.69) is 9.97 Å². The minimum atomic E-state index is -0.216. The summed E-state index contributed by atoms with van der Waals surface area (Å²) in [6.45, 7) is 4.17. The third kappa shape index (κ3) is 4.37. The van der Waals surface area contributed by atoms with Crippen LogP contribution in [0.4, 0.5) is 0 Å². The maximum absolute atomic E-state index is 13.1. The first kappa shape index (κ1) is 20.4. The molecule has 1 heterocycles. The molecule has 1 amide bonds. The largest absolute Gasteiger partial charge is 0.332 e. The third-order valence-electron chi connectivity index (χ3n) is 4.81. The molecule has 0 fully saturated rings. The maximum atomic E-state index is 13.1. The fourth-order valence-electron chi connectivity index (χ4n) is 3.04. The minimum absolute atomic E-state index is 0.0365. The van der Waals surface area contributed by atoms with Crippen LogP contribution in [0.25, 0.3) is 10.9 Å². The van der Waals surface area contributed by atoms with Crippen molar-refractivity contribution in [1.82, 2.24) is 14.9 Å². The average molecular weight is 418 g/mol. The molecule has 1 atom stereocenters. The van der Waals surface area contributed by atoms with E-state index in [0.717, 1.165) is 6.42 Å². The normalized spacial score (nSPS) is 12.1. The summed E-state index contributed by atoms with van der Waals surface area (Å²) >= 11 is 12.4. The molecule has 0 saturated heterocycles. The van der Waals surface area contributed by atoms with Gasteiger partial charge >= 0.3 is 0 Å². The summed E-state index contributed by atoms with van der Waals surface area (Å²) in [4.78, 5) is 34.4. The molecule has 0 aliphatic rings. The molecule has 0 unspecified atom stereocenters. The van der Waals surface area contributed by atoms with E-state index in [0.29, 0.717) is 32.3 Å². The van der Waals surface area contributed by atoms with Crippen molar-refractivity contribution >= 4 is 40.0 Å². The molecule has 1 aromatic heterocycles. The standard InChI is InChI=1S/C21H21Cl2N3O2/c1-3-13(2)26(20(27)11-15-16(22)8-6-9-17(15)23)12-19-24-18-10-5-4-7-14(18)21(28)25-19/h4-10,13H,3,11-12H2,1-2H3,(H,24,25,28)/t13-/m1/s1. The van der Waals surface area contributed by atoms with Crippen molar-refractivity contribution in [3.63, 3.8) is 0 Å². The average Bonchev–Trinajstić information content (AvgIpc) is 2.68. The molecular weight excluding hydrogens is 397 g/mol. The number of H-pyrrole nitrogens is 1. The number of carbonyl (C=O) groups is 1. The summed E-state index contributed by atoms with van der Waals surface area (Å²) in [5.74, 6) is 0.322. The first-order valence-electron chi connectivity index (χ1n) is 9.11. The van der Waals surface area contributed by atoms with E-state index in [4.69, 9.17) is 23.2 Å². The predicted octanol–water partition coefficient (Wildman–Crippen LogP) is 4.60. The fraction of sp³-hybridized carbons (Fsp3) is 0.286. The van der Waals surface area contributed by atoms with Crippen LogP contribution in [0.3, 0.4) is 0 Å². The quantitative estimate of drug-likeness (QED) is 0.636. The van der Waals surface area contributed by atoms with Crippen molar-refractivity contribution in [3.8, 4) is 0 Å². The lowest BCUT2D eigenvalue weighted by Gasteiger charge is -2.28. The molecule has 3 rings (SSSR count). The Hall–Kier alpha value is -2.37. The third-order valence-corrected chi connectivity index (χ3v) is 5.52. The molecule has 28 heavy (non-hydrogen) atoms. The van der Waals surface area contributed by atoms with Gasteiger partial charge in [0.15, 0.2) is 0 Å². The van der Waals surface area contributed by atoms with Crippen LogP contribution in [-0.2, 0) is 17.8 Å². The van der Waals surface area contributed by atoms with Crippen molar-refractivity contribution in [2.24, 2.45) is 0 Å². The van der Waals surface area contributed by atoms with E-state index in [-0.39, 0.29) is 30.5 Å². The lowest BCUT2D eigenvalue weighted by Crippen LogP contribution is -2.39. The van der Waals surface area contributed by atoms with E-state index < -0.39 is 0 Å². The monoisotopic (exact) mass is 417 g/mol. The van der Waals surface area contributed by atoms with Crippen molar-refractivity contribution in [2.45, 2.75) is 39.3 Å². The Morgan fingerprint density at radius 3 is 2.50 bits per heavy atom. The number of carbonyl (C=O) groups excluding carboxylic acids is 1. The Kier molecular flexibility index (Phi) is 6.37.